The lowest BCUT2D eigenvalue weighted by atomic mass is 10.0. The van der Waals surface area contributed by atoms with Gasteiger partial charge >= 0.3 is 0 Å². The summed E-state index contributed by atoms with van der Waals surface area (Å²) < 4.78 is 0. The van der Waals surface area contributed by atoms with E-state index >= 15 is 0 Å². The Morgan fingerprint density at radius 2 is 2.00 bits per heavy atom. The van der Waals surface area contributed by atoms with Gasteiger partial charge in [-0.05, 0) is 37.1 Å². The zero-order chi connectivity index (χ0) is 14.4. The molecule has 0 unspecified atom stereocenters. The van der Waals surface area contributed by atoms with E-state index in [1.807, 2.05) is 24.3 Å². The average molecular weight is 275 g/mol. The smallest absolute Gasteiger partial charge is 0.241 e. The minimum absolute atomic E-state index is 0.0174. The quantitative estimate of drug-likeness (QED) is 0.769. The number of likely N-dealkylation sites (N-methyl/N-ethyl adjacent to an activating group) is 1. The van der Waals surface area contributed by atoms with Crippen LogP contribution in [0.25, 0.3) is 0 Å². The first-order valence-electron chi connectivity index (χ1n) is 7.03. The van der Waals surface area contributed by atoms with Crippen LogP contribution in [0.5, 0.6) is 0 Å². The Morgan fingerprint density at radius 3 is 2.60 bits per heavy atom. The minimum atomic E-state index is -0.0886. The Morgan fingerprint density at radius 1 is 1.25 bits per heavy atom. The van der Waals surface area contributed by atoms with E-state index in [9.17, 15) is 9.59 Å². The lowest BCUT2D eigenvalue weighted by Crippen LogP contribution is -2.43. The molecule has 2 rings (SSSR count). The third kappa shape index (κ3) is 4.06. The van der Waals surface area contributed by atoms with E-state index in [1.54, 1.807) is 7.05 Å². The highest BCUT2D eigenvalue weighted by atomic mass is 16.2. The summed E-state index contributed by atoms with van der Waals surface area (Å²) in [5.41, 5.74) is 1.70. The second-order valence-corrected chi connectivity index (χ2v) is 5.04. The fourth-order valence-corrected chi connectivity index (χ4v) is 2.28. The number of piperidine rings is 1. The summed E-state index contributed by atoms with van der Waals surface area (Å²) in [6.07, 6.45) is 3.48. The van der Waals surface area contributed by atoms with Gasteiger partial charge in [-0.1, -0.05) is 18.6 Å². The predicted molar refractivity (Wildman–Crippen MR) is 78.5 cm³/mol. The van der Waals surface area contributed by atoms with E-state index in [4.69, 9.17) is 0 Å². The standard InChI is InChI=1S/C15H21N3O2/c1-16-14(19)10-11-5-7-12(8-6-11)18-15(20)13-4-2-3-9-17-13/h5-8,13,17H,2-4,9-10H2,1H3,(H,16,19)(H,18,20)/t13-/m1/s1. The van der Waals surface area contributed by atoms with Crippen LogP contribution >= 0.6 is 0 Å². The topological polar surface area (TPSA) is 70.2 Å². The summed E-state index contributed by atoms with van der Waals surface area (Å²) in [5.74, 6) is -0.00283. The van der Waals surface area contributed by atoms with Gasteiger partial charge in [0.15, 0.2) is 0 Å². The van der Waals surface area contributed by atoms with Gasteiger partial charge in [0.05, 0.1) is 12.5 Å². The van der Waals surface area contributed by atoms with Crippen LogP contribution in [-0.4, -0.2) is 31.4 Å². The molecule has 1 heterocycles. The number of amides is 2. The normalized spacial score (nSPS) is 18.4. The van der Waals surface area contributed by atoms with Crippen LogP contribution in [-0.2, 0) is 16.0 Å². The molecular weight excluding hydrogens is 254 g/mol. The van der Waals surface area contributed by atoms with Crippen molar-refractivity contribution in [1.29, 1.82) is 0 Å². The molecule has 5 heteroatoms. The maximum Gasteiger partial charge on any atom is 0.241 e. The van der Waals surface area contributed by atoms with Crippen molar-refractivity contribution < 1.29 is 9.59 Å². The number of hydrogen-bond donors (Lipinski definition) is 3. The molecule has 0 aromatic heterocycles. The molecule has 0 spiro atoms. The third-order valence-electron chi connectivity index (χ3n) is 3.49. The van der Waals surface area contributed by atoms with Crippen molar-refractivity contribution in [2.75, 3.05) is 18.9 Å². The molecule has 108 valence electrons. The van der Waals surface area contributed by atoms with E-state index < -0.39 is 0 Å². The molecular formula is C15H21N3O2. The molecule has 3 N–H and O–H groups in total. The molecule has 1 aromatic rings. The van der Waals surface area contributed by atoms with Crippen LogP contribution in [0, 0.1) is 0 Å². The molecule has 5 nitrogen and oxygen atoms in total. The molecule has 1 aliphatic heterocycles. The van der Waals surface area contributed by atoms with Gasteiger partial charge in [0.1, 0.15) is 0 Å². The van der Waals surface area contributed by atoms with E-state index in [1.165, 1.54) is 0 Å². The Balaban J connectivity index is 1.89. The SMILES string of the molecule is CNC(=O)Cc1ccc(NC(=O)[C@H]2CCCCN2)cc1. The molecule has 1 fully saturated rings. The van der Waals surface area contributed by atoms with Gasteiger partial charge in [0.25, 0.3) is 0 Å². The maximum absolute atomic E-state index is 12.0. The highest BCUT2D eigenvalue weighted by molar-refractivity contribution is 5.94. The predicted octanol–water partition coefficient (Wildman–Crippen LogP) is 1.06. The summed E-state index contributed by atoms with van der Waals surface area (Å²) >= 11 is 0. The fraction of sp³-hybridized carbons (Fsp3) is 0.467. The van der Waals surface area contributed by atoms with Crippen LogP contribution < -0.4 is 16.0 Å². The number of carbonyl (C=O) groups excluding carboxylic acids is 2. The second-order valence-electron chi connectivity index (χ2n) is 5.04. The largest absolute Gasteiger partial charge is 0.359 e. The molecule has 20 heavy (non-hydrogen) atoms. The van der Waals surface area contributed by atoms with Gasteiger partial charge in [-0.25, -0.2) is 0 Å². The van der Waals surface area contributed by atoms with E-state index in [0.717, 1.165) is 37.1 Å². The summed E-state index contributed by atoms with van der Waals surface area (Å²) in [5, 5.41) is 8.71. The van der Waals surface area contributed by atoms with Crippen LogP contribution in [0.15, 0.2) is 24.3 Å². The monoisotopic (exact) mass is 275 g/mol. The van der Waals surface area contributed by atoms with E-state index in [0.29, 0.717) is 6.42 Å². The van der Waals surface area contributed by atoms with Gasteiger partial charge in [-0.3, -0.25) is 9.59 Å². The van der Waals surface area contributed by atoms with Crippen molar-refractivity contribution in [2.45, 2.75) is 31.7 Å². The summed E-state index contributed by atoms with van der Waals surface area (Å²) in [4.78, 5) is 23.3. The number of carbonyl (C=O) groups is 2. The Bertz CT molecular complexity index is 465. The second kappa shape index (κ2) is 7.05. The third-order valence-corrected chi connectivity index (χ3v) is 3.49. The van der Waals surface area contributed by atoms with Crippen molar-refractivity contribution >= 4 is 17.5 Å². The Labute approximate surface area is 119 Å². The van der Waals surface area contributed by atoms with Crippen LogP contribution in [0.1, 0.15) is 24.8 Å². The van der Waals surface area contributed by atoms with Gasteiger partial charge in [0, 0.05) is 12.7 Å². The van der Waals surface area contributed by atoms with Gasteiger partial charge in [0.2, 0.25) is 11.8 Å². The van der Waals surface area contributed by atoms with E-state index in [2.05, 4.69) is 16.0 Å². The number of hydrogen-bond acceptors (Lipinski definition) is 3. The minimum Gasteiger partial charge on any atom is -0.359 e. The molecule has 0 aliphatic carbocycles. The van der Waals surface area contributed by atoms with Crippen LogP contribution in [0.2, 0.25) is 0 Å². The number of nitrogens with one attached hydrogen (secondary N) is 3. The molecule has 2 amide bonds. The molecule has 0 radical (unpaired) electrons. The summed E-state index contributed by atoms with van der Waals surface area (Å²) in [6.45, 7) is 0.906. The van der Waals surface area contributed by atoms with Crippen molar-refractivity contribution in [2.24, 2.45) is 0 Å². The summed E-state index contributed by atoms with van der Waals surface area (Å²) in [7, 11) is 1.62. The fourth-order valence-electron chi connectivity index (χ4n) is 2.28. The maximum atomic E-state index is 12.0. The zero-order valence-corrected chi connectivity index (χ0v) is 11.7. The summed E-state index contributed by atoms with van der Waals surface area (Å²) in [6, 6.07) is 7.30. The van der Waals surface area contributed by atoms with Crippen molar-refractivity contribution in [3.63, 3.8) is 0 Å². The Hall–Kier alpha value is -1.88. The van der Waals surface area contributed by atoms with Gasteiger partial charge in [-0.2, -0.15) is 0 Å². The van der Waals surface area contributed by atoms with Gasteiger partial charge < -0.3 is 16.0 Å². The van der Waals surface area contributed by atoms with Crippen molar-refractivity contribution in [3.05, 3.63) is 29.8 Å². The van der Waals surface area contributed by atoms with Crippen molar-refractivity contribution in [1.82, 2.24) is 10.6 Å². The molecule has 1 aliphatic rings. The van der Waals surface area contributed by atoms with Crippen LogP contribution in [0.4, 0.5) is 5.69 Å². The highest BCUT2D eigenvalue weighted by Gasteiger charge is 2.20. The molecule has 0 bridgehead atoms. The van der Waals surface area contributed by atoms with E-state index in [-0.39, 0.29) is 17.9 Å². The lowest BCUT2D eigenvalue weighted by molar-refractivity contribution is -0.120. The van der Waals surface area contributed by atoms with Crippen LogP contribution in [0.3, 0.4) is 0 Å². The molecule has 1 atom stereocenters. The molecule has 0 saturated carbocycles. The van der Waals surface area contributed by atoms with Gasteiger partial charge in [-0.15, -0.1) is 0 Å². The number of rotatable bonds is 4. The Kier molecular flexibility index (Phi) is 5.12. The molecule has 1 aromatic carbocycles. The van der Waals surface area contributed by atoms with Crippen molar-refractivity contribution in [3.8, 4) is 0 Å². The number of anilines is 1. The first-order chi connectivity index (χ1) is 9.69. The first kappa shape index (κ1) is 14.5. The average Bonchev–Trinajstić information content (AvgIpc) is 2.50. The zero-order valence-electron chi connectivity index (χ0n) is 11.7. The molecule has 1 saturated heterocycles. The first-order valence-corrected chi connectivity index (χ1v) is 7.03. The highest BCUT2D eigenvalue weighted by Crippen LogP contribution is 2.13. The number of benzene rings is 1. The lowest BCUT2D eigenvalue weighted by Gasteiger charge is -2.22.